The average Bonchev–Trinajstić information content (AvgIpc) is 3.07. The highest BCUT2D eigenvalue weighted by molar-refractivity contribution is 5.79. The lowest BCUT2D eigenvalue weighted by Crippen LogP contribution is -2.44. The van der Waals surface area contributed by atoms with Gasteiger partial charge in [0.2, 0.25) is 0 Å². The summed E-state index contributed by atoms with van der Waals surface area (Å²) in [6.45, 7) is 4.06. The minimum absolute atomic E-state index is 0.516. The maximum Gasteiger partial charge on any atom is 0.191 e. The number of hydrogen-bond donors (Lipinski definition) is 2. The van der Waals surface area contributed by atoms with Crippen LogP contribution in [0.1, 0.15) is 32.6 Å². The van der Waals surface area contributed by atoms with Gasteiger partial charge in [-0.3, -0.25) is 9.67 Å². The van der Waals surface area contributed by atoms with E-state index < -0.39 is 0 Å². The fourth-order valence-corrected chi connectivity index (χ4v) is 2.52. The van der Waals surface area contributed by atoms with Gasteiger partial charge < -0.3 is 10.6 Å². The van der Waals surface area contributed by atoms with E-state index in [2.05, 4.69) is 27.6 Å². The van der Waals surface area contributed by atoms with Gasteiger partial charge in [0.25, 0.3) is 0 Å². The Bertz CT molecular complexity index is 379. The summed E-state index contributed by atoms with van der Waals surface area (Å²) in [6.07, 6.45) is 9.03. The Morgan fingerprint density at radius 3 is 2.89 bits per heavy atom. The van der Waals surface area contributed by atoms with Crippen LogP contribution in [0, 0.1) is 5.92 Å². The summed E-state index contributed by atoms with van der Waals surface area (Å²) in [5.74, 6) is 1.45. The Labute approximate surface area is 115 Å². The zero-order valence-corrected chi connectivity index (χ0v) is 12.0. The summed E-state index contributed by atoms with van der Waals surface area (Å²) in [6, 6.07) is 2.56. The Hall–Kier alpha value is -1.52. The van der Waals surface area contributed by atoms with Crippen LogP contribution in [-0.4, -0.2) is 35.4 Å². The molecular formula is C14H25N5. The van der Waals surface area contributed by atoms with Crippen LogP contribution >= 0.6 is 0 Å². The van der Waals surface area contributed by atoms with Gasteiger partial charge in [-0.1, -0.05) is 19.8 Å². The van der Waals surface area contributed by atoms with Gasteiger partial charge >= 0.3 is 0 Å². The van der Waals surface area contributed by atoms with Crippen molar-refractivity contribution in [3.8, 4) is 0 Å². The molecule has 5 heteroatoms. The van der Waals surface area contributed by atoms with E-state index >= 15 is 0 Å². The summed E-state index contributed by atoms with van der Waals surface area (Å²) < 4.78 is 1.97. The normalized spacial score (nSPS) is 18.5. The highest BCUT2D eigenvalue weighted by Crippen LogP contribution is 2.17. The Morgan fingerprint density at radius 1 is 1.47 bits per heavy atom. The Morgan fingerprint density at radius 2 is 2.26 bits per heavy atom. The summed E-state index contributed by atoms with van der Waals surface area (Å²) in [4.78, 5) is 4.29. The van der Waals surface area contributed by atoms with Crippen molar-refractivity contribution in [1.29, 1.82) is 0 Å². The van der Waals surface area contributed by atoms with Gasteiger partial charge in [-0.15, -0.1) is 0 Å². The Balaban J connectivity index is 1.70. The smallest absolute Gasteiger partial charge is 0.191 e. The standard InChI is InChI=1S/C14H25N5/c1-12(11-19-9-5-8-17-19)10-16-14(15-2)18-13-6-3-4-7-13/h5,8-9,12-13H,3-4,6-7,10-11H2,1-2H3,(H2,15,16,18). The lowest BCUT2D eigenvalue weighted by Gasteiger charge is -2.19. The lowest BCUT2D eigenvalue weighted by molar-refractivity contribution is 0.442. The monoisotopic (exact) mass is 263 g/mol. The van der Waals surface area contributed by atoms with Crippen molar-refractivity contribution >= 4 is 5.96 Å². The molecule has 0 aromatic carbocycles. The van der Waals surface area contributed by atoms with E-state index in [0.29, 0.717) is 12.0 Å². The molecule has 1 saturated carbocycles. The quantitative estimate of drug-likeness (QED) is 0.627. The number of nitrogens with one attached hydrogen (secondary N) is 2. The fraction of sp³-hybridized carbons (Fsp3) is 0.714. The zero-order valence-electron chi connectivity index (χ0n) is 12.0. The molecule has 1 heterocycles. The molecule has 1 aromatic heterocycles. The largest absolute Gasteiger partial charge is 0.356 e. The van der Waals surface area contributed by atoms with E-state index in [9.17, 15) is 0 Å². The number of aliphatic imine (C=N–C) groups is 1. The number of aromatic nitrogens is 2. The molecule has 19 heavy (non-hydrogen) atoms. The predicted octanol–water partition coefficient (Wildman–Crippen LogP) is 1.63. The van der Waals surface area contributed by atoms with Crippen LogP contribution in [0.3, 0.4) is 0 Å². The van der Waals surface area contributed by atoms with Gasteiger partial charge in [0.05, 0.1) is 0 Å². The third kappa shape index (κ3) is 4.58. The molecule has 1 atom stereocenters. The number of rotatable bonds is 5. The molecule has 1 aliphatic carbocycles. The minimum atomic E-state index is 0.516. The lowest BCUT2D eigenvalue weighted by atomic mass is 10.2. The minimum Gasteiger partial charge on any atom is -0.356 e. The van der Waals surface area contributed by atoms with Crippen LogP contribution in [0.25, 0.3) is 0 Å². The van der Waals surface area contributed by atoms with Crippen molar-refractivity contribution < 1.29 is 0 Å². The van der Waals surface area contributed by atoms with Gasteiger partial charge in [0.1, 0.15) is 0 Å². The number of hydrogen-bond acceptors (Lipinski definition) is 2. The van der Waals surface area contributed by atoms with Gasteiger partial charge in [-0.25, -0.2) is 0 Å². The van der Waals surface area contributed by atoms with Crippen LogP contribution in [-0.2, 0) is 6.54 Å². The highest BCUT2D eigenvalue weighted by Gasteiger charge is 2.16. The number of guanidine groups is 1. The van der Waals surface area contributed by atoms with Gasteiger partial charge in [-0.05, 0) is 24.8 Å². The maximum atomic E-state index is 4.29. The average molecular weight is 263 g/mol. The first-order valence-electron chi connectivity index (χ1n) is 7.22. The summed E-state index contributed by atoms with van der Waals surface area (Å²) >= 11 is 0. The van der Waals surface area contributed by atoms with Crippen LogP contribution in [0.15, 0.2) is 23.5 Å². The van der Waals surface area contributed by atoms with Crippen molar-refractivity contribution in [3.05, 3.63) is 18.5 Å². The molecule has 1 fully saturated rings. The Kier molecular flexibility index (Phi) is 5.24. The topological polar surface area (TPSA) is 54.2 Å². The predicted molar refractivity (Wildman–Crippen MR) is 78.1 cm³/mol. The molecule has 5 nitrogen and oxygen atoms in total. The summed E-state index contributed by atoms with van der Waals surface area (Å²) in [5.41, 5.74) is 0. The van der Waals surface area contributed by atoms with Gasteiger partial charge in [0.15, 0.2) is 5.96 Å². The summed E-state index contributed by atoms with van der Waals surface area (Å²) in [7, 11) is 1.84. The van der Waals surface area contributed by atoms with Crippen LogP contribution in [0.5, 0.6) is 0 Å². The van der Waals surface area contributed by atoms with Gasteiger partial charge in [-0.2, -0.15) is 5.10 Å². The van der Waals surface area contributed by atoms with E-state index in [0.717, 1.165) is 19.0 Å². The molecule has 1 aliphatic rings. The van der Waals surface area contributed by atoms with Crippen LogP contribution in [0.4, 0.5) is 0 Å². The van der Waals surface area contributed by atoms with E-state index in [-0.39, 0.29) is 0 Å². The van der Waals surface area contributed by atoms with Crippen molar-refractivity contribution in [3.63, 3.8) is 0 Å². The molecule has 0 saturated heterocycles. The van der Waals surface area contributed by atoms with E-state index in [4.69, 9.17) is 0 Å². The van der Waals surface area contributed by atoms with Crippen molar-refractivity contribution in [2.45, 2.75) is 45.2 Å². The molecule has 0 amide bonds. The molecule has 0 aliphatic heterocycles. The van der Waals surface area contributed by atoms with Gasteiger partial charge in [0, 0.05) is 38.6 Å². The van der Waals surface area contributed by atoms with Crippen LogP contribution in [0.2, 0.25) is 0 Å². The highest BCUT2D eigenvalue weighted by atomic mass is 15.3. The molecule has 1 unspecified atom stereocenters. The van der Waals surface area contributed by atoms with E-state index in [1.807, 2.05) is 30.2 Å². The molecule has 0 bridgehead atoms. The molecule has 2 rings (SSSR count). The van der Waals surface area contributed by atoms with Crippen LogP contribution < -0.4 is 10.6 Å². The summed E-state index contributed by atoms with van der Waals surface area (Å²) in [5, 5.41) is 11.1. The molecule has 1 aromatic rings. The molecule has 0 radical (unpaired) electrons. The first-order valence-corrected chi connectivity index (χ1v) is 7.22. The second-order valence-corrected chi connectivity index (χ2v) is 5.41. The fourth-order valence-electron chi connectivity index (χ4n) is 2.52. The van der Waals surface area contributed by atoms with E-state index in [1.165, 1.54) is 25.7 Å². The second-order valence-electron chi connectivity index (χ2n) is 5.41. The SMILES string of the molecule is CN=C(NCC(C)Cn1cccn1)NC1CCCC1. The molecular weight excluding hydrogens is 238 g/mol. The first-order chi connectivity index (χ1) is 9.28. The molecule has 106 valence electrons. The zero-order chi connectivity index (χ0) is 13.5. The first kappa shape index (κ1) is 13.9. The third-order valence-corrected chi connectivity index (χ3v) is 3.60. The number of nitrogens with zero attached hydrogens (tertiary/aromatic N) is 3. The third-order valence-electron chi connectivity index (χ3n) is 3.60. The molecule has 2 N–H and O–H groups in total. The van der Waals surface area contributed by atoms with Crippen molar-refractivity contribution in [2.75, 3.05) is 13.6 Å². The van der Waals surface area contributed by atoms with Crippen molar-refractivity contribution in [1.82, 2.24) is 20.4 Å². The second kappa shape index (κ2) is 7.16. The van der Waals surface area contributed by atoms with Crippen molar-refractivity contribution in [2.24, 2.45) is 10.9 Å². The van der Waals surface area contributed by atoms with E-state index in [1.54, 1.807) is 0 Å². The maximum absolute atomic E-state index is 4.29. The molecule has 0 spiro atoms.